The van der Waals surface area contributed by atoms with Crippen LogP contribution in [0.4, 0.5) is 0 Å². The van der Waals surface area contributed by atoms with Gasteiger partial charge in [0.05, 0.1) is 0 Å². The minimum Gasteiger partial charge on any atom is -0.135 e. The Morgan fingerprint density at radius 3 is 2.45 bits per heavy atom. The molecule has 0 atom stereocenters. The number of hydrogen-bond acceptors (Lipinski definition) is 1. The Morgan fingerprint density at radius 2 is 1.62 bits per heavy atom. The van der Waals surface area contributed by atoms with Crippen LogP contribution in [0, 0.1) is 6.92 Å². The van der Waals surface area contributed by atoms with Gasteiger partial charge in [-0.1, -0.05) is 80.1 Å². The lowest BCUT2D eigenvalue weighted by Gasteiger charge is -2.22. The van der Waals surface area contributed by atoms with Crippen LogP contribution in [0.25, 0.3) is 44.5 Å². The van der Waals surface area contributed by atoms with Crippen LogP contribution >= 0.6 is 11.3 Å². The summed E-state index contributed by atoms with van der Waals surface area (Å²) >= 11 is 1.98. The number of thiophene rings is 1. The summed E-state index contributed by atoms with van der Waals surface area (Å²) in [5, 5.41) is 2.95. The van der Waals surface area contributed by atoms with Gasteiger partial charge in [0, 0.05) is 20.0 Å². The number of aryl methyl sites for hydroxylation is 1. The SMILES string of the molecule is Cc1ccc2c(c1)C(C)(C)c1cc(-c3ccccc3)c3sc4c(c3c1-2)=CCCC=4. The normalized spacial score (nSPS) is 16.0. The summed E-state index contributed by atoms with van der Waals surface area (Å²) in [5.41, 5.74) is 9.92. The van der Waals surface area contributed by atoms with Crippen molar-refractivity contribution in [2.75, 3.05) is 0 Å². The van der Waals surface area contributed by atoms with E-state index < -0.39 is 0 Å². The van der Waals surface area contributed by atoms with E-state index in [9.17, 15) is 0 Å². The molecule has 1 heteroatoms. The van der Waals surface area contributed by atoms with Crippen molar-refractivity contribution < 1.29 is 0 Å². The molecule has 1 aromatic heterocycles. The standard InChI is InChI=1S/C28H24S/c1-17-13-14-19-22(15-17)28(2,3)23-16-21(18-9-5-4-6-10-18)27-26(25(19)23)20-11-7-8-12-24(20)29-27/h4-6,9-16H,7-8H2,1-3H3. The van der Waals surface area contributed by atoms with Crippen molar-refractivity contribution in [1.29, 1.82) is 0 Å². The lowest BCUT2D eigenvalue weighted by molar-refractivity contribution is 0.660. The quantitative estimate of drug-likeness (QED) is 0.345. The highest BCUT2D eigenvalue weighted by Crippen LogP contribution is 2.53. The van der Waals surface area contributed by atoms with Gasteiger partial charge in [0.1, 0.15) is 0 Å². The molecule has 0 unspecified atom stereocenters. The first-order chi connectivity index (χ1) is 14.1. The predicted molar refractivity (Wildman–Crippen MR) is 127 cm³/mol. The molecule has 3 aromatic carbocycles. The molecule has 0 radical (unpaired) electrons. The zero-order valence-electron chi connectivity index (χ0n) is 17.2. The van der Waals surface area contributed by atoms with Crippen LogP contribution in [-0.2, 0) is 5.41 Å². The summed E-state index contributed by atoms with van der Waals surface area (Å²) in [6.45, 7) is 7.00. The Morgan fingerprint density at radius 1 is 0.828 bits per heavy atom. The fourth-order valence-corrected chi connectivity index (χ4v) is 6.57. The Bertz CT molecular complexity index is 1420. The van der Waals surface area contributed by atoms with Gasteiger partial charge in [-0.15, -0.1) is 11.3 Å². The van der Waals surface area contributed by atoms with E-state index in [0.717, 1.165) is 12.8 Å². The van der Waals surface area contributed by atoms with Crippen molar-refractivity contribution in [3.05, 3.63) is 81.0 Å². The van der Waals surface area contributed by atoms with Gasteiger partial charge < -0.3 is 0 Å². The molecule has 0 saturated heterocycles. The van der Waals surface area contributed by atoms with Crippen molar-refractivity contribution in [2.24, 2.45) is 0 Å². The molecule has 0 aliphatic heterocycles. The smallest absolute Gasteiger partial charge is 0.0440 e. The Hall–Kier alpha value is -2.64. The first-order valence-electron chi connectivity index (χ1n) is 10.5. The van der Waals surface area contributed by atoms with Crippen molar-refractivity contribution >= 4 is 33.6 Å². The topological polar surface area (TPSA) is 0 Å². The third kappa shape index (κ3) is 2.31. The number of hydrogen-bond donors (Lipinski definition) is 0. The van der Waals surface area contributed by atoms with E-state index in [-0.39, 0.29) is 5.41 Å². The van der Waals surface area contributed by atoms with Crippen LogP contribution in [0.5, 0.6) is 0 Å². The van der Waals surface area contributed by atoms with Crippen molar-refractivity contribution in [3.8, 4) is 22.3 Å². The van der Waals surface area contributed by atoms with E-state index in [1.165, 1.54) is 58.8 Å². The molecule has 0 nitrogen and oxygen atoms in total. The first kappa shape index (κ1) is 17.2. The second kappa shape index (κ2) is 5.93. The summed E-state index contributed by atoms with van der Waals surface area (Å²) in [6.07, 6.45) is 7.22. The number of benzene rings is 3. The second-order valence-electron chi connectivity index (χ2n) is 8.96. The van der Waals surface area contributed by atoms with Gasteiger partial charge in [0.15, 0.2) is 0 Å². The van der Waals surface area contributed by atoms with Crippen LogP contribution in [0.1, 0.15) is 43.4 Å². The molecule has 142 valence electrons. The van der Waals surface area contributed by atoms with E-state index >= 15 is 0 Å². The van der Waals surface area contributed by atoms with Gasteiger partial charge in [0.25, 0.3) is 0 Å². The summed E-state index contributed by atoms with van der Waals surface area (Å²) in [5.74, 6) is 0. The summed E-state index contributed by atoms with van der Waals surface area (Å²) in [6, 6.07) is 20.5. The number of fused-ring (bicyclic) bond motifs is 7. The van der Waals surface area contributed by atoms with Gasteiger partial charge >= 0.3 is 0 Å². The molecular formula is C28H24S. The molecule has 4 aromatic rings. The van der Waals surface area contributed by atoms with E-state index in [0.29, 0.717) is 0 Å². The summed E-state index contributed by atoms with van der Waals surface area (Å²) < 4.78 is 2.90. The highest BCUT2D eigenvalue weighted by atomic mass is 32.1. The fourth-order valence-electron chi connectivity index (χ4n) is 5.26. The molecule has 6 rings (SSSR count). The minimum atomic E-state index is 0.0155. The molecule has 0 saturated carbocycles. The molecule has 0 N–H and O–H groups in total. The molecule has 2 aliphatic carbocycles. The second-order valence-corrected chi connectivity index (χ2v) is 10.0. The van der Waals surface area contributed by atoms with E-state index in [4.69, 9.17) is 0 Å². The molecule has 0 bridgehead atoms. The van der Waals surface area contributed by atoms with Crippen molar-refractivity contribution in [2.45, 2.75) is 39.0 Å². The lowest BCUT2D eigenvalue weighted by Crippen LogP contribution is -2.21. The highest BCUT2D eigenvalue weighted by Gasteiger charge is 2.38. The molecule has 1 heterocycles. The van der Waals surface area contributed by atoms with Crippen LogP contribution in [0.15, 0.2) is 54.6 Å². The molecule has 0 fully saturated rings. The highest BCUT2D eigenvalue weighted by molar-refractivity contribution is 7.17. The third-order valence-electron chi connectivity index (χ3n) is 6.75. The lowest BCUT2D eigenvalue weighted by atomic mass is 9.81. The van der Waals surface area contributed by atoms with E-state index in [1.54, 1.807) is 0 Å². The van der Waals surface area contributed by atoms with Crippen LogP contribution in [0.3, 0.4) is 0 Å². The molecular weight excluding hydrogens is 368 g/mol. The van der Waals surface area contributed by atoms with Gasteiger partial charge in [-0.2, -0.15) is 0 Å². The maximum atomic E-state index is 2.49. The van der Waals surface area contributed by atoms with Gasteiger partial charge in [-0.3, -0.25) is 0 Å². The zero-order chi connectivity index (χ0) is 19.8. The Balaban J connectivity index is 1.85. The number of rotatable bonds is 1. The summed E-state index contributed by atoms with van der Waals surface area (Å²) in [4.78, 5) is 0. The molecule has 0 amide bonds. The fraction of sp³-hybridized carbons (Fsp3) is 0.214. The molecule has 29 heavy (non-hydrogen) atoms. The van der Waals surface area contributed by atoms with Crippen LogP contribution in [0.2, 0.25) is 0 Å². The maximum absolute atomic E-state index is 2.49. The Kier molecular flexibility index (Phi) is 3.53. The Labute approximate surface area is 175 Å². The largest absolute Gasteiger partial charge is 0.135 e. The molecule has 0 spiro atoms. The monoisotopic (exact) mass is 392 g/mol. The first-order valence-corrected chi connectivity index (χ1v) is 11.3. The van der Waals surface area contributed by atoms with Crippen molar-refractivity contribution in [3.63, 3.8) is 0 Å². The van der Waals surface area contributed by atoms with Gasteiger partial charge in [-0.25, -0.2) is 0 Å². The average Bonchev–Trinajstić information content (AvgIpc) is 3.22. The predicted octanol–water partition coefficient (Wildman–Crippen LogP) is 6.54. The maximum Gasteiger partial charge on any atom is 0.0440 e. The van der Waals surface area contributed by atoms with Crippen LogP contribution in [-0.4, -0.2) is 0 Å². The minimum absolute atomic E-state index is 0.0155. The average molecular weight is 393 g/mol. The van der Waals surface area contributed by atoms with E-state index in [2.05, 4.69) is 87.5 Å². The summed E-state index contributed by atoms with van der Waals surface area (Å²) in [7, 11) is 0. The van der Waals surface area contributed by atoms with Gasteiger partial charge in [0.2, 0.25) is 0 Å². The van der Waals surface area contributed by atoms with E-state index in [1.807, 2.05) is 11.3 Å². The van der Waals surface area contributed by atoms with Gasteiger partial charge in [-0.05, 0) is 64.4 Å². The zero-order valence-corrected chi connectivity index (χ0v) is 18.0. The van der Waals surface area contributed by atoms with Crippen LogP contribution < -0.4 is 9.75 Å². The molecule has 2 aliphatic rings. The van der Waals surface area contributed by atoms with Crippen molar-refractivity contribution in [1.82, 2.24) is 0 Å². The third-order valence-corrected chi connectivity index (χ3v) is 7.98.